The van der Waals surface area contributed by atoms with Crippen LogP contribution in [-0.4, -0.2) is 20.9 Å². The second-order valence-electron chi connectivity index (χ2n) is 7.07. The zero-order valence-corrected chi connectivity index (χ0v) is 17.4. The predicted molar refractivity (Wildman–Crippen MR) is 119 cm³/mol. The molecule has 4 rings (SSSR count). The third-order valence-electron chi connectivity index (χ3n) is 4.58. The van der Waals surface area contributed by atoms with E-state index in [1.54, 1.807) is 30.3 Å². The van der Waals surface area contributed by atoms with Gasteiger partial charge in [-0.1, -0.05) is 12.1 Å². The van der Waals surface area contributed by atoms with E-state index in [-0.39, 0.29) is 22.9 Å². The van der Waals surface area contributed by atoms with Gasteiger partial charge in [-0.05, 0) is 42.5 Å². The van der Waals surface area contributed by atoms with Crippen molar-refractivity contribution in [3.63, 3.8) is 0 Å². The van der Waals surface area contributed by atoms with E-state index in [2.05, 4.69) is 20.3 Å². The molecular weight excluding hydrogens is 449 g/mol. The summed E-state index contributed by atoms with van der Waals surface area (Å²) in [6.07, 6.45) is -3.07. The number of primary amides is 1. The molecule has 8 nitrogen and oxygen atoms in total. The van der Waals surface area contributed by atoms with E-state index < -0.39 is 17.6 Å². The number of alkyl halides is 3. The Bertz CT molecular complexity index is 1340. The van der Waals surface area contributed by atoms with E-state index in [4.69, 9.17) is 16.2 Å². The highest BCUT2D eigenvalue weighted by atomic mass is 19.4. The van der Waals surface area contributed by atoms with Gasteiger partial charge in [0.25, 0.3) is 5.91 Å². The first-order chi connectivity index (χ1) is 16.2. The summed E-state index contributed by atoms with van der Waals surface area (Å²) in [5, 5.41) is 3.03. The number of hydrogen-bond acceptors (Lipinski definition) is 7. The normalized spacial score (nSPS) is 11.1. The molecule has 0 aliphatic carbocycles. The van der Waals surface area contributed by atoms with Gasteiger partial charge in [-0.3, -0.25) is 9.78 Å². The molecule has 0 radical (unpaired) electrons. The third kappa shape index (κ3) is 5.38. The molecule has 0 spiro atoms. The molecule has 0 fully saturated rings. The molecule has 11 heteroatoms. The zero-order valence-electron chi connectivity index (χ0n) is 17.4. The molecule has 2 aromatic heterocycles. The molecule has 34 heavy (non-hydrogen) atoms. The van der Waals surface area contributed by atoms with Crippen molar-refractivity contribution in [2.24, 2.45) is 5.73 Å². The van der Waals surface area contributed by atoms with Gasteiger partial charge in [-0.2, -0.15) is 18.2 Å². The van der Waals surface area contributed by atoms with Gasteiger partial charge in [-0.15, -0.1) is 0 Å². The van der Waals surface area contributed by atoms with Gasteiger partial charge in [0.2, 0.25) is 5.95 Å². The van der Waals surface area contributed by atoms with Crippen molar-refractivity contribution in [2.45, 2.75) is 6.18 Å². The minimum Gasteiger partial charge on any atom is -0.457 e. The van der Waals surface area contributed by atoms with Gasteiger partial charge < -0.3 is 21.5 Å². The molecule has 0 unspecified atom stereocenters. The van der Waals surface area contributed by atoms with Crippen molar-refractivity contribution < 1.29 is 22.7 Å². The second kappa shape index (κ2) is 9.06. The molecule has 0 atom stereocenters. The number of ether oxygens (including phenoxy) is 1. The fraction of sp³-hybridized carbons (Fsp3) is 0.0435. The second-order valence-corrected chi connectivity index (χ2v) is 7.07. The summed E-state index contributed by atoms with van der Waals surface area (Å²) < 4.78 is 44.9. The van der Waals surface area contributed by atoms with E-state index >= 15 is 0 Å². The molecule has 4 aromatic rings. The summed E-state index contributed by atoms with van der Waals surface area (Å²) >= 11 is 0. The van der Waals surface area contributed by atoms with Gasteiger partial charge >= 0.3 is 6.18 Å². The first-order valence-electron chi connectivity index (χ1n) is 9.80. The van der Waals surface area contributed by atoms with Gasteiger partial charge in [0, 0.05) is 29.6 Å². The smallest absolute Gasteiger partial charge is 0.416 e. The number of amides is 1. The van der Waals surface area contributed by atoms with Crippen molar-refractivity contribution >= 4 is 23.4 Å². The number of nitrogen functional groups attached to an aromatic ring is 1. The van der Waals surface area contributed by atoms with E-state index in [1.165, 1.54) is 30.5 Å². The van der Waals surface area contributed by atoms with Crippen molar-refractivity contribution in [2.75, 3.05) is 11.1 Å². The van der Waals surface area contributed by atoms with Crippen LogP contribution in [0, 0.1) is 0 Å². The SMILES string of the molecule is NC(=O)c1cc(Oc2ccc(Nc3cc(-c4cccc(C(F)(F)F)c4)nc(N)n3)cc2)ccn1. The average molecular weight is 466 g/mol. The molecular formula is C23H17F3N6O2. The number of carbonyl (C=O) groups excluding carboxylic acids is 1. The van der Waals surface area contributed by atoms with E-state index in [0.29, 0.717) is 23.0 Å². The largest absolute Gasteiger partial charge is 0.457 e. The minimum absolute atomic E-state index is 0.0775. The van der Waals surface area contributed by atoms with Gasteiger partial charge in [0.15, 0.2) is 0 Å². The first kappa shape index (κ1) is 22.5. The van der Waals surface area contributed by atoms with Crippen LogP contribution in [0.25, 0.3) is 11.3 Å². The van der Waals surface area contributed by atoms with E-state index in [1.807, 2.05) is 0 Å². The molecule has 2 aromatic carbocycles. The maximum absolute atomic E-state index is 13.1. The maximum Gasteiger partial charge on any atom is 0.416 e. The Labute approximate surface area is 191 Å². The van der Waals surface area contributed by atoms with Crippen LogP contribution in [0.5, 0.6) is 11.5 Å². The zero-order chi connectivity index (χ0) is 24.3. The number of rotatable bonds is 6. The molecule has 0 saturated carbocycles. The first-order valence-corrected chi connectivity index (χ1v) is 9.80. The van der Waals surface area contributed by atoms with Crippen molar-refractivity contribution in [1.82, 2.24) is 15.0 Å². The Morgan fingerprint density at radius 2 is 1.71 bits per heavy atom. The van der Waals surface area contributed by atoms with Crippen LogP contribution in [-0.2, 0) is 6.18 Å². The van der Waals surface area contributed by atoms with Crippen LogP contribution < -0.4 is 21.5 Å². The van der Waals surface area contributed by atoms with Crippen LogP contribution in [0.4, 0.5) is 30.6 Å². The van der Waals surface area contributed by atoms with Crippen molar-refractivity contribution in [3.8, 4) is 22.8 Å². The maximum atomic E-state index is 13.1. The Morgan fingerprint density at radius 3 is 2.41 bits per heavy atom. The van der Waals surface area contributed by atoms with Crippen LogP contribution in [0.15, 0.2) is 72.9 Å². The number of aromatic nitrogens is 3. The lowest BCUT2D eigenvalue weighted by atomic mass is 10.1. The number of carbonyl (C=O) groups is 1. The highest BCUT2D eigenvalue weighted by molar-refractivity contribution is 5.91. The van der Waals surface area contributed by atoms with Gasteiger partial charge in [0.1, 0.15) is 23.0 Å². The number of pyridine rings is 1. The Hall–Kier alpha value is -4.67. The number of anilines is 3. The number of hydrogen-bond donors (Lipinski definition) is 3. The standard InChI is InChI=1S/C23H17F3N6O2/c24-23(25,26)14-3-1-2-13(10-14)18-12-20(32-22(28)31-18)30-15-4-6-16(7-5-15)34-17-8-9-29-19(11-17)21(27)33/h1-12H,(H2,27,33)(H3,28,30,31,32). The Morgan fingerprint density at radius 1 is 0.941 bits per heavy atom. The lowest BCUT2D eigenvalue weighted by molar-refractivity contribution is -0.137. The molecule has 0 saturated heterocycles. The molecule has 5 N–H and O–H groups in total. The quantitative estimate of drug-likeness (QED) is 0.373. The van der Waals surface area contributed by atoms with Crippen LogP contribution in [0.3, 0.4) is 0 Å². The summed E-state index contributed by atoms with van der Waals surface area (Å²) in [4.78, 5) is 23.2. The predicted octanol–water partition coefficient (Wildman–Crippen LogP) is 4.77. The molecule has 0 aliphatic heterocycles. The van der Waals surface area contributed by atoms with Gasteiger partial charge in [-0.25, -0.2) is 4.98 Å². The fourth-order valence-electron chi connectivity index (χ4n) is 3.03. The monoisotopic (exact) mass is 466 g/mol. The molecule has 172 valence electrons. The number of benzene rings is 2. The summed E-state index contributed by atoms with van der Waals surface area (Å²) in [5.74, 6) is 0.408. The van der Waals surface area contributed by atoms with Crippen LogP contribution in [0.1, 0.15) is 16.1 Å². The highest BCUT2D eigenvalue weighted by Gasteiger charge is 2.30. The lowest BCUT2D eigenvalue weighted by Gasteiger charge is -2.11. The molecule has 2 heterocycles. The van der Waals surface area contributed by atoms with E-state index in [9.17, 15) is 18.0 Å². The van der Waals surface area contributed by atoms with Crippen LogP contribution >= 0.6 is 0 Å². The summed E-state index contributed by atoms with van der Waals surface area (Å²) in [7, 11) is 0. The Kier molecular flexibility index (Phi) is 6.00. The molecule has 1 amide bonds. The van der Waals surface area contributed by atoms with Gasteiger partial charge in [0.05, 0.1) is 11.3 Å². The van der Waals surface area contributed by atoms with Crippen molar-refractivity contribution in [1.29, 1.82) is 0 Å². The topological polar surface area (TPSA) is 129 Å². The third-order valence-corrected chi connectivity index (χ3v) is 4.58. The Balaban J connectivity index is 1.52. The number of halogens is 3. The minimum atomic E-state index is -4.48. The highest BCUT2D eigenvalue weighted by Crippen LogP contribution is 2.32. The number of nitrogens with two attached hydrogens (primary N) is 2. The van der Waals surface area contributed by atoms with E-state index in [0.717, 1.165) is 12.1 Å². The van der Waals surface area contributed by atoms with Crippen molar-refractivity contribution in [3.05, 3.63) is 84.2 Å². The fourth-order valence-corrected chi connectivity index (χ4v) is 3.03. The molecule has 0 aliphatic rings. The number of nitrogens with zero attached hydrogens (tertiary/aromatic N) is 3. The summed E-state index contributed by atoms with van der Waals surface area (Å²) in [6.45, 7) is 0. The summed E-state index contributed by atoms with van der Waals surface area (Å²) in [6, 6.07) is 16.0. The molecule has 0 bridgehead atoms. The van der Waals surface area contributed by atoms with Crippen LogP contribution in [0.2, 0.25) is 0 Å². The number of nitrogens with one attached hydrogen (secondary N) is 1. The summed E-state index contributed by atoms with van der Waals surface area (Å²) in [5.41, 5.74) is 11.4. The average Bonchev–Trinajstić information content (AvgIpc) is 2.80. The lowest BCUT2D eigenvalue weighted by Crippen LogP contribution is -2.12.